The number of carbonyl (C=O) groups excluding carboxylic acids is 1. The second-order valence-electron chi connectivity index (χ2n) is 3.99. The van der Waals surface area contributed by atoms with Crippen LogP contribution in [0.3, 0.4) is 0 Å². The number of hydrogen-bond donors (Lipinski definition) is 2. The summed E-state index contributed by atoms with van der Waals surface area (Å²) >= 11 is 3.37. The van der Waals surface area contributed by atoms with Crippen molar-refractivity contribution in [2.75, 3.05) is 24.6 Å². The Kier molecular flexibility index (Phi) is 4.15. The Morgan fingerprint density at radius 3 is 2.76 bits per heavy atom. The summed E-state index contributed by atoms with van der Waals surface area (Å²) in [6.45, 7) is 1.45. The van der Waals surface area contributed by atoms with Crippen LogP contribution in [-0.4, -0.2) is 36.8 Å². The number of aliphatic hydroxyl groups is 1. The number of nitrogens with zero attached hydrogens (tertiary/aromatic N) is 1. The Morgan fingerprint density at radius 2 is 2.12 bits per heavy atom. The average molecular weight is 299 g/mol. The Bertz CT molecular complexity index is 392. The van der Waals surface area contributed by atoms with Gasteiger partial charge in [0.25, 0.3) is 0 Å². The number of benzene rings is 1. The van der Waals surface area contributed by atoms with E-state index >= 15 is 0 Å². The number of aliphatic hydroxyl groups excluding tert-OH is 1. The molecule has 0 aromatic heterocycles. The first-order valence-electron chi connectivity index (χ1n) is 5.63. The van der Waals surface area contributed by atoms with Crippen molar-refractivity contribution in [2.45, 2.75) is 12.5 Å². The molecule has 0 spiro atoms. The largest absolute Gasteiger partial charge is 0.396 e. The number of anilines is 1. The lowest BCUT2D eigenvalue weighted by Gasteiger charge is -2.33. The second kappa shape index (κ2) is 5.62. The van der Waals surface area contributed by atoms with Gasteiger partial charge in [0, 0.05) is 29.9 Å². The van der Waals surface area contributed by atoms with Gasteiger partial charge in [-0.2, -0.15) is 0 Å². The molecular weight excluding hydrogens is 284 g/mol. The summed E-state index contributed by atoms with van der Waals surface area (Å²) in [5, 5.41) is 12.0. The molecule has 2 rings (SSSR count). The topological polar surface area (TPSA) is 52.6 Å². The standard InChI is InChI=1S/C12H15BrN2O2/c13-9-1-3-10(4-2-9)15-7-6-14-11(5-8-16)12(15)17/h1-4,11,14,16H,5-8H2. The molecule has 0 bridgehead atoms. The summed E-state index contributed by atoms with van der Waals surface area (Å²) in [5.74, 6) is 0.0348. The summed E-state index contributed by atoms with van der Waals surface area (Å²) in [5.41, 5.74) is 0.905. The number of nitrogens with one attached hydrogen (secondary N) is 1. The zero-order valence-corrected chi connectivity index (χ0v) is 11.0. The smallest absolute Gasteiger partial charge is 0.244 e. The van der Waals surface area contributed by atoms with Gasteiger partial charge in [0.15, 0.2) is 0 Å². The number of hydrogen-bond acceptors (Lipinski definition) is 3. The van der Waals surface area contributed by atoms with Crippen LogP contribution < -0.4 is 10.2 Å². The lowest BCUT2D eigenvalue weighted by molar-refractivity contribution is -0.122. The minimum Gasteiger partial charge on any atom is -0.396 e. The number of piperazine rings is 1. The van der Waals surface area contributed by atoms with E-state index in [0.29, 0.717) is 13.0 Å². The lowest BCUT2D eigenvalue weighted by atomic mass is 10.1. The van der Waals surface area contributed by atoms with Gasteiger partial charge in [-0.15, -0.1) is 0 Å². The number of carbonyl (C=O) groups is 1. The molecule has 0 saturated carbocycles. The molecule has 92 valence electrons. The molecule has 4 nitrogen and oxygen atoms in total. The van der Waals surface area contributed by atoms with Crippen molar-refractivity contribution in [2.24, 2.45) is 0 Å². The van der Waals surface area contributed by atoms with Crippen LogP contribution in [0.2, 0.25) is 0 Å². The van der Waals surface area contributed by atoms with Crippen LogP contribution >= 0.6 is 15.9 Å². The van der Waals surface area contributed by atoms with Gasteiger partial charge in [-0.1, -0.05) is 15.9 Å². The number of rotatable bonds is 3. The first kappa shape index (κ1) is 12.5. The van der Waals surface area contributed by atoms with Crippen molar-refractivity contribution in [3.63, 3.8) is 0 Å². The van der Waals surface area contributed by atoms with Crippen LogP contribution in [0.25, 0.3) is 0 Å². The molecule has 0 aliphatic carbocycles. The summed E-state index contributed by atoms with van der Waals surface area (Å²) in [7, 11) is 0. The van der Waals surface area contributed by atoms with Crippen LogP contribution in [0.1, 0.15) is 6.42 Å². The zero-order valence-electron chi connectivity index (χ0n) is 9.40. The highest BCUT2D eigenvalue weighted by Gasteiger charge is 2.28. The highest BCUT2D eigenvalue weighted by molar-refractivity contribution is 9.10. The van der Waals surface area contributed by atoms with E-state index in [0.717, 1.165) is 16.7 Å². The molecule has 1 aliphatic rings. The van der Waals surface area contributed by atoms with E-state index < -0.39 is 0 Å². The minimum atomic E-state index is -0.266. The molecule has 1 aliphatic heterocycles. The average Bonchev–Trinajstić information content (AvgIpc) is 2.34. The van der Waals surface area contributed by atoms with Crippen LogP contribution in [0.15, 0.2) is 28.7 Å². The van der Waals surface area contributed by atoms with Crippen molar-refractivity contribution in [3.8, 4) is 0 Å². The first-order valence-corrected chi connectivity index (χ1v) is 6.43. The van der Waals surface area contributed by atoms with Gasteiger partial charge in [0.2, 0.25) is 5.91 Å². The quantitative estimate of drug-likeness (QED) is 0.880. The molecular formula is C12H15BrN2O2. The number of amides is 1. The fourth-order valence-corrected chi connectivity index (χ4v) is 2.23. The molecule has 17 heavy (non-hydrogen) atoms. The summed E-state index contributed by atoms with van der Waals surface area (Å²) < 4.78 is 0.996. The van der Waals surface area contributed by atoms with E-state index in [4.69, 9.17) is 5.11 Å². The van der Waals surface area contributed by atoms with Crippen molar-refractivity contribution in [1.29, 1.82) is 0 Å². The molecule has 1 atom stereocenters. The van der Waals surface area contributed by atoms with Gasteiger partial charge in [0.1, 0.15) is 0 Å². The van der Waals surface area contributed by atoms with Gasteiger partial charge in [0.05, 0.1) is 6.04 Å². The van der Waals surface area contributed by atoms with Crippen molar-refractivity contribution >= 4 is 27.5 Å². The van der Waals surface area contributed by atoms with Gasteiger partial charge >= 0.3 is 0 Å². The lowest BCUT2D eigenvalue weighted by Crippen LogP contribution is -2.55. The number of halogens is 1. The maximum Gasteiger partial charge on any atom is 0.244 e. The monoisotopic (exact) mass is 298 g/mol. The summed E-state index contributed by atoms with van der Waals surface area (Å²) in [4.78, 5) is 13.9. The molecule has 1 heterocycles. The summed E-state index contributed by atoms with van der Waals surface area (Å²) in [6, 6.07) is 7.42. The van der Waals surface area contributed by atoms with E-state index in [9.17, 15) is 4.79 Å². The Hall–Kier alpha value is -0.910. The molecule has 2 N–H and O–H groups in total. The predicted octanol–water partition coefficient (Wildman–Crippen LogP) is 1.14. The van der Waals surface area contributed by atoms with Crippen molar-refractivity contribution < 1.29 is 9.90 Å². The van der Waals surface area contributed by atoms with E-state index in [1.807, 2.05) is 24.3 Å². The molecule has 0 radical (unpaired) electrons. The van der Waals surface area contributed by atoms with Crippen LogP contribution in [0.4, 0.5) is 5.69 Å². The fourth-order valence-electron chi connectivity index (χ4n) is 1.97. The normalized spacial score (nSPS) is 20.7. The maximum atomic E-state index is 12.1. The van der Waals surface area contributed by atoms with Gasteiger partial charge < -0.3 is 15.3 Å². The van der Waals surface area contributed by atoms with Gasteiger partial charge in [-0.25, -0.2) is 0 Å². The van der Waals surface area contributed by atoms with Crippen LogP contribution in [0, 0.1) is 0 Å². The fraction of sp³-hybridized carbons (Fsp3) is 0.417. The van der Waals surface area contributed by atoms with Gasteiger partial charge in [-0.05, 0) is 30.7 Å². The highest BCUT2D eigenvalue weighted by Crippen LogP contribution is 2.20. The van der Waals surface area contributed by atoms with Gasteiger partial charge in [-0.3, -0.25) is 4.79 Å². The Balaban J connectivity index is 2.14. The van der Waals surface area contributed by atoms with E-state index in [1.54, 1.807) is 4.90 Å². The zero-order chi connectivity index (χ0) is 12.3. The van der Waals surface area contributed by atoms with E-state index in [2.05, 4.69) is 21.2 Å². The molecule has 1 aromatic carbocycles. The molecule has 1 aromatic rings. The van der Waals surface area contributed by atoms with Crippen molar-refractivity contribution in [3.05, 3.63) is 28.7 Å². The third-order valence-corrected chi connectivity index (χ3v) is 3.38. The van der Waals surface area contributed by atoms with Crippen molar-refractivity contribution in [1.82, 2.24) is 5.32 Å². The SMILES string of the molecule is O=C1C(CCO)NCCN1c1ccc(Br)cc1. The van der Waals surface area contributed by atoms with Crippen LogP contribution in [-0.2, 0) is 4.79 Å². The highest BCUT2D eigenvalue weighted by atomic mass is 79.9. The van der Waals surface area contributed by atoms with Crippen LogP contribution in [0.5, 0.6) is 0 Å². The third-order valence-electron chi connectivity index (χ3n) is 2.85. The second-order valence-corrected chi connectivity index (χ2v) is 4.90. The predicted molar refractivity (Wildman–Crippen MR) is 70.0 cm³/mol. The maximum absolute atomic E-state index is 12.1. The Morgan fingerprint density at radius 1 is 1.41 bits per heavy atom. The first-order chi connectivity index (χ1) is 8.22. The molecule has 1 amide bonds. The van der Waals surface area contributed by atoms with E-state index in [1.165, 1.54) is 0 Å². The molecule has 1 fully saturated rings. The minimum absolute atomic E-state index is 0.0254. The Labute approximate surface area is 109 Å². The molecule has 5 heteroatoms. The third kappa shape index (κ3) is 2.86. The summed E-state index contributed by atoms with van der Waals surface area (Å²) in [6.07, 6.45) is 0.464. The van der Waals surface area contributed by atoms with E-state index in [-0.39, 0.29) is 18.6 Å². The molecule has 1 unspecified atom stereocenters. The molecule has 1 saturated heterocycles.